The van der Waals surface area contributed by atoms with Gasteiger partial charge in [0.2, 0.25) is 0 Å². The molecule has 2 aliphatic rings. The molecule has 1 aliphatic heterocycles. The summed E-state index contributed by atoms with van der Waals surface area (Å²) in [6.07, 6.45) is 5.03. The molecule has 1 saturated carbocycles. The van der Waals surface area contributed by atoms with Gasteiger partial charge in [0.15, 0.2) is 9.84 Å². The van der Waals surface area contributed by atoms with E-state index in [9.17, 15) is 8.42 Å². The van der Waals surface area contributed by atoms with Crippen LogP contribution >= 0.6 is 0 Å². The van der Waals surface area contributed by atoms with Crippen molar-refractivity contribution in [3.63, 3.8) is 0 Å². The molecule has 1 N–H and O–H groups in total. The van der Waals surface area contributed by atoms with Crippen LogP contribution in [-0.4, -0.2) is 55.5 Å². The molecule has 0 aromatic carbocycles. The number of likely N-dealkylation sites (tertiary alicyclic amines) is 1. The zero-order valence-corrected chi connectivity index (χ0v) is 13.3. The largest absolute Gasteiger partial charge is 0.312 e. The summed E-state index contributed by atoms with van der Waals surface area (Å²) in [5.41, 5.74) is 0. The normalized spacial score (nSPS) is 25.9. The van der Waals surface area contributed by atoms with Crippen LogP contribution in [0.3, 0.4) is 0 Å². The fourth-order valence-corrected chi connectivity index (χ4v) is 3.64. The summed E-state index contributed by atoms with van der Waals surface area (Å²) in [5, 5.41) is 3.56. The fraction of sp³-hybridized carbons (Fsp3) is 1.00. The SMILES string of the molecule is CC(C)(C)S(=O)(=O)CCN1CCCC1CNC1CC1. The van der Waals surface area contributed by atoms with Crippen molar-refractivity contribution >= 4 is 9.84 Å². The molecule has 1 atom stereocenters. The molecule has 2 fully saturated rings. The summed E-state index contributed by atoms with van der Waals surface area (Å²) in [5.74, 6) is 0.288. The van der Waals surface area contributed by atoms with E-state index >= 15 is 0 Å². The molecule has 0 amide bonds. The van der Waals surface area contributed by atoms with Gasteiger partial charge in [-0.1, -0.05) is 0 Å². The van der Waals surface area contributed by atoms with Gasteiger partial charge in [0.25, 0.3) is 0 Å². The van der Waals surface area contributed by atoms with E-state index in [-0.39, 0.29) is 5.75 Å². The molecule has 0 aromatic heterocycles. The van der Waals surface area contributed by atoms with E-state index in [4.69, 9.17) is 0 Å². The first-order chi connectivity index (χ1) is 8.79. The number of sulfone groups is 1. The second-order valence-electron chi connectivity index (χ2n) is 6.95. The number of hydrogen-bond acceptors (Lipinski definition) is 4. The van der Waals surface area contributed by atoms with Gasteiger partial charge in [-0.05, 0) is 53.0 Å². The molecule has 0 bridgehead atoms. The zero-order chi connectivity index (χ0) is 14.1. The van der Waals surface area contributed by atoms with Gasteiger partial charge >= 0.3 is 0 Å². The van der Waals surface area contributed by atoms with Gasteiger partial charge in [0, 0.05) is 25.2 Å². The lowest BCUT2D eigenvalue weighted by molar-refractivity contribution is 0.260. The molecule has 1 unspecified atom stereocenters. The average Bonchev–Trinajstić information content (AvgIpc) is 3.01. The van der Waals surface area contributed by atoms with Crippen molar-refractivity contribution in [2.24, 2.45) is 0 Å². The Kier molecular flexibility index (Phi) is 4.58. The highest BCUT2D eigenvalue weighted by Gasteiger charge is 2.32. The van der Waals surface area contributed by atoms with Crippen LogP contribution < -0.4 is 5.32 Å². The van der Waals surface area contributed by atoms with Gasteiger partial charge in [-0.2, -0.15) is 0 Å². The Morgan fingerprint density at radius 1 is 1.21 bits per heavy atom. The smallest absolute Gasteiger partial charge is 0.156 e. The average molecular weight is 288 g/mol. The van der Waals surface area contributed by atoms with Crippen molar-refractivity contribution in [1.29, 1.82) is 0 Å². The number of nitrogens with zero attached hydrogens (tertiary/aromatic N) is 1. The Morgan fingerprint density at radius 2 is 1.89 bits per heavy atom. The highest BCUT2D eigenvalue weighted by atomic mass is 32.2. The third-order valence-electron chi connectivity index (χ3n) is 4.30. The van der Waals surface area contributed by atoms with Gasteiger partial charge in [-0.15, -0.1) is 0 Å². The third kappa shape index (κ3) is 4.17. The van der Waals surface area contributed by atoms with Gasteiger partial charge in [-0.25, -0.2) is 8.42 Å². The summed E-state index contributed by atoms with van der Waals surface area (Å²) in [6.45, 7) is 8.14. The molecule has 4 nitrogen and oxygen atoms in total. The van der Waals surface area contributed by atoms with E-state index in [1.807, 2.05) is 0 Å². The summed E-state index contributed by atoms with van der Waals surface area (Å²) in [6, 6.07) is 1.27. The highest BCUT2D eigenvalue weighted by molar-refractivity contribution is 7.92. The maximum absolute atomic E-state index is 12.1. The summed E-state index contributed by atoms with van der Waals surface area (Å²) >= 11 is 0. The fourth-order valence-electron chi connectivity index (χ4n) is 2.55. The minimum Gasteiger partial charge on any atom is -0.312 e. The number of rotatable bonds is 6. The third-order valence-corrected chi connectivity index (χ3v) is 6.88. The van der Waals surface area contributed by atoms with Crippen LogP contribution in [0.2, 0.25) is 0 Å². The molecule has 0 radical (unpaired) electrons. The van der Waals surface area contributed by atoms with Crippen LogP contribution in [0.1, 0.15) is 46.5 Å². The summed E-state index contributed by atoms with van der Waals surface area (Å²) < 4.78 is 23.7. The molecule has 5 heteroatoms. The van der Waals surface area contributed by atoms with E-state index in [0.29, 0.717) is 12.6 Å². The Balaban J connectivity index is 1.80. The van der Waals surface area contributed by atoms with Crippen LogP contribution in [0.15, 0.2) is 0 Å². The van der Waals surface area contributed by atoms with Crippen molar-refractivity contribution in [2.45, 2.75) is 63.3 Å². The first-order valence-electron chi connectivity index (χ1n) is 7.49. The van der Waals surface area contributed by atoms with Crippen molar-refractivity contribution in [3.05, 3.63) is 0 Å². The van der Waals surface area contributed by atoms with Gasteiger partial charge in [0.1, 0.15) is 0 Å². The van der Waals surface area contributed by atoms with Crippen molar-refractivity contribution in [2.75, 3.05) is 25.4 Å². The lowest BCUT2D eigenvalue weighted by Gasteiger charge is -2.26. The van der Waals surface area contributed by atoms with E-state index < -0.39 is 14.6 Å². The Bertz CT molecular complexity index is 396. The predicted octanol–water partition coefficient (Wildman–Crippen LogP) is 1.42. The number of hydrogen-bond donors (Lipinski definition) is 1. The second-order valence-corrected chi connectivity index (χ2v) is 9.81. The van der Waals surface area contributed by atoms with E-state index in [1.54, 1.807) is 20.8 Å². The molecule has 0 spiro atoms. The second kappa shape index (κ2) is 5.70. The molecule has 0 aromatic rings. The van der Waals surface area contributed by atoms with Crippen LogP contribution in [0, 0.1) is 0 Å². The predicted molar refractivity (Wildman–Crippen MR) is 79.2 cm³/mol. The van der Waals surface area contributed by atoms with Crippen LogP contribution in [0.4, 0.5) is 0 Å². The van der Waals surface area contributed by atoms with Gasteiger partial charge in [-0.3, -0.25) is 4.90 Å². The monoisotopic (exact) mass is 288 g/mol. The maximum Gasteiger partial charge on any atom is 0.156 e. The minimum atomic E-state index is -2.99. The van der Waals surface area contributed by atoms with Gasteiger partial charge in [0.05, 0.1) is 10.5 Å². The standard InChI is InChI=1S/C14H28N2O2S/c1-14(2,3)19(17,18)10-9-16-8-4-5-13(16)11-15-12-6-7-12/h12-13,15H,4-11H2,1-3H3. The molecule has 1 aliphatic carbocycles. The zero-order valence-electron chi connectivity index (χ0n) is 12.5. The maximum atomic E-state index is 12.1. The van der Waals surface area contributed by atoms with Crippen LogP contribution in [0.5, 0.6) is 0 Å². The first-order valence-corrected chi connectivity index (χ1v) is 9.14. The molecule has 2 rings (SSSR count). The molecule has 1 heterocycles. The highest BCUT2D eigenvalue weighted by Crippen LogP contribution is 2.22. The van der Waals surface area contributed by atoms with Crippen molar-refractivity contribution < 1.29 is 8.42 Å². The van der Waals surface area contributed by atoms with E-state index in [0.717, 1.165) is 19.1 Å². The molecular weight excluding hydrogens is 260 g/mol. The topological polar surface area (TPSA) is 49.4 Å². The summed E-state index contributed by atoms with van der Waals surface area (Å²) in [7, 11) is -2.99. The quantitative estimate of drug-likeness (QED) is 0.803. The minimum absolute atomic E-state index is 0.288. The lowest BCUT2D eigenvalue weighted by Crippen LogP contribution is -2.42. The first kappa shape index (κ1) is 15.3. The Morgan fingerprint density at radius 3 is 2.47 bits per heavy atom. The molecule has 1 saturated heterocycles. The van der Waals surface area contributed by atoms with Crippen molar-refractivity contribution in [1.82, 2.24) is 10.2 Å². The lowest BCUT2D eigenvalue weighted by atomic mass is 10.2. The van der Waals surface area contributed by atoms with E-state index in [1.165, 1.54) is 25.7 Å². The Hall–Kier alpha value is -0.130. The van der Waals surface area contributed by atoms with Crippen molar-refractivity contribution in [3.8, 4) is 0 Å². The van der Waals surface area contributed by atoms with E-state index in [2.05, 4.69) is 10.2 Å². The molecular formula is C14H28N2O2S. The Labute approximate surface area is 117 Å². The van der Waals surface area contributed by atoms with Crippen LogP contribution in [-0.2, 0) is 9.84 Å². The van der Waals surface area contributed by atoms with Gasteiger partial charge < -0.3 is 5.32 Å². The summed E-state index contributed by atoms with van der Waals surface area (Å²) in [4.78, 5) is 2.36. The molecule has 112 valence electrons. The van der Waals surface area contributed by atoms with Crippen LogP contribution in [0.25, 0.3) is 0 Å². The number of nitrogens with one attached hydrogen (secondary N) is 1. The molecule has 19 heavy (non-hydrogen) atoms.